The first-order valence-electron chi connectivity index (χ1n) is 11.7. The number of nitrogens with one attached hydrogen (secondary N) is 3. The second-order valence-electron chi connectivity index (χ2n) is 8.28. The fourth-order valence-electron chi connectivity index (χ4n) is 3.42. The quantitative estimate of drug-likeness (QED) is 0.210. The number of rotatable bonds is 10. The number of para-hydroxylation sites is 1. The van der Waals surface area contributed by atoms with Crippen molar-refractivity contribution in [1.82, 2.24) is 10.3 Å². The molecular formula is C27H28Cl2N6O4. The molecule has 204 valence electrons. The molecule has 1 aromatic heterocycles. The Kier molecular flexibility index (Phi) is 10.1. The van der Waals surface area contributed by atoms with Crippen molar-refractivity contribution in [1.29, 1.82) is 0 Å². The van der Waals surface area contributed by atoms with Crippen LogP contribution in [0.2, 0.25) is 10.0 Å². The summed E-state index contributed by atoms with van der Waals surface area (Å²) in [5, 5.41) is 8.69. The zero-order valence-corrected chi connectivity index (χ0v) is 23.1. The van der Waals surface area contributed by atoms with Gasteiger partial charge in [0, 0.05) is 43.9 Å². The van der Waals surface area contributed by atoms with E-state index in [0.29, 0.717) is 39.1 Å². The number of amides is 3. The Balaban J connectivity index is 1.61. The zero-order chi connectivity index (χ0) is 28.5. The van der Waals surface area contributed by atoms with Crippen LogP contribution in [0.4, 0.5) is 22.9 Å². The monoisotopic (exact) mass is 570 g/mol. The molecule has 0 saturated heterocycles. The fourth-order valence-corrected chi connectivity index (χ4v) is 4.03. The Labute approximate surface area is 236 Å². The van der Waals surface area contributed by atoms with Gasteiger partial charge in [0.25, 0.3) is 0 Å². The van der Waals surface area contributed by atoms with E-state index in [2.05, 4.69) is 20.9 Å². The predicted molar refractivity (Wildman–Crippen MR) is 155 cm³/mol. The van der Waals surface area contributed by atoms with Crippen LogP contribution in [-0.2, 0) is 21.0 Å². The average Bonchev–Trinajstić information content (AvgIpc) is 2.91. The topological polar surface area (TPSA) is 139 Å². The van der Waals surface area contributed by atoms with Gasteiger partial charge in [-0.1, -0.05) is 29.3 Å². The van der Waals surface area contributed by atoms with Crippen molar-refractivity contribution in [3.63, 3.8) is 0 Å². The number of anilines is 4. The minimum Gasteiger partial charge on any atom is -0.487 e. The minimum atomic E-state index is -0.472. The molecule has 0 radical (unpaired) electrons. The summed E-state index contributed by atoms with van der Waals surface area (Å²) in [5.74, 6) is -0.245. The molecule has 39 heavy (non-hydrogen) atoms. The second kappa shape index (κ2) is 13.5. The number of nitrogens with two attached hydrogens (primary N) is 1. The fraction of sp³-hybridized carbons (Fsp3) is 0.185. The average molecular weight is 571 g/mol. The van der Waals surface area contributed by atoms with Gasteiger partial charge in [0.05, 0.1) is 28.6 Å². The van der Waals surface area contributed by atoms with Crippen molar-refractivity contribution in [2.24, 2.45) is 0 Å². The van der Waals surface area contributed by atoms with Gasteiger partial charge in [-0.15, -0.1) is 0 Å². The van der Waals surface area contributed by atoms with Crippen LogP contribution in [0.15, 0.2) is 54.7 Å². The standard InChI is InChI=1S/C27H28Cl2N6O4/c1-16(36)34-23-11-7-17(13-32-23)8-12-24(37)33-14-25(38)35(3)21-10-9-19(28)18(26(21)29)15-39-22-6-4-5-20(31-2)27(22)30/h4-13,31H,14-15,30H2,1-3H3,(H,33,37)(H,32,34,36). The van der Waals surface area contributed by atoms with Crippen molar-refractivity contribution in [3.05, 3.63) is 75.9 Å². The Bertz CT molecular complexity index is 1400. The third-order valence-electron chi connectivity index (χ3n) is 5.54. The summed E-state index contributed by atoms with van der Waals surface area (Å²) < 4.78 is 5.86. The smallest absolute Gasteiger partial charge is 0.246 e. The van der Waals surface area contributed by atoms with Gasteiger partial charge < -0.3 is 31.3 Å². The van der Waals surface area contributed by atoms with Crippen molar-refractivity contribution in [3.8, 4) is 5.75 Å². The summed E-state index contributed by atoms with van der Waals surface area (Å²) in [6.07, 6.45) is 4.32. The van der Waals surface area contributed by atoms with E-state index in [1.807, 2.05) is 6.07 Å². The molecule has 0 bridgehead atoms. The van der Waals surface area contributed by atoms with Gasteiger partial charge in [-0.2, -0.15) is 0 Å². The lowest BCUT2D eigenvalue weighted by Gasteiger charge is -2.21. The van der Waals surface area contributed by atoms with Gasteiger partial charge in [-0.05, 0) is 48.0 Å². The van der Waals surface area contributed by atoms with Crippen LogP contribution in [-0.4, -0.2) is 43.3 Å². The lowest BCUT2D eigenvalue weighted by Crippen LogP contribution is -2.37. The molecule has 0 fully saturated rings. The number of pyridine rings is 1. The number of carbonyl (C=O) groups is 3. The van der Waals surface area contributed by atoms with Crippen LogP contribution in [0.3, 0.4) is 0 Å². The third kappa shape index (κ3) is 7.86. The number of likely N-dealkylation sites (N-methyl/N-ethyl adjacent to an activating group) is 1. The van der Waals surface area contributed by atoms with Gasteiger partial charge in [-0.3, -0.25) is 14.4 Å². The molecule has 3 rings (SSSR count). The predicted octanol–water partition coefficient (Wildman–Crippen LogP) is 4.34. The maximum absolute atomic E-state index is 12.8. The number of aromatic nitrogens is 1. The molecule has 3 aromatic rings. The van der Waals surface area contributed by atoms with Crippen LogP contribution >= 0.6 is 23.2 Å². The van der Waals surface area contributed by atoms with Gasteiger partial charge in [0.15, 0.2) is 0 Å². The summed E-state index contributed by atoms with van der Waals surface area (Å²) in [6, 6.07) is 11.9. The van der Waals surface area contributed by atoms with Crippen LogP contribution in [0.5, 0.6) is 5.75 Å². The molecule has 2 aromatic carbocycles. The number of nitrogens with zero attached hydrogens (tertiary/aromatic N) is 2. The lowest BCUT2D eigenvalue weighted by atomic mass is 10.2. The summed E-state index contributed by atoms with van der Waals surface area (Å²) >= 11 is 13.0. The van der Waals surface area contributed by atoms with E-state index in [0.717, 1.165) is 5.69 Å². The van der Waals surface area contributed by atoms with Crippen LogP contribution < -0.4 is 31.3 Å². The molecule has 3 amide bonds. The van der Waals surface area contributed by atoms with E-state index in [1.54, 1.807) is 50.5 Å². The van der Waals surface area contributed by atoms with Crippen molar-refractivity contribution in [2.45, 2.75) is 13.5 Å². The first-order valence-corrected chi connectivity index (χ1v) is 12.5. The number of benzene rings is 2. The lowest BCUT2D eigenvalue weighted by molar-refractivity contribution is -0.122. The van der Waals surface area contributed by atoms with Gasteiger partial charge in [-0.25, -0.2) is 4.98 Å². The number of halogens is 2. The highest BCUT2D eigenvalue weighted by molar-refractivity contribution is 6.38. The summed E-state index contributed by atoms with van der Waals surface area (Å²) in [7, 11) is 3.30. The Morgan fingerprint density at radius 3 is 2.56 bits per heavy atom. The van der Waals surface area contributed by atoms with Crippen molar-refractivity contribution < 1.29 is 19.1 Å². The van der Waals surface area contributed by atoms with E-state index in [9.17, 15) is 14.4 Å². The first kappa shape index (κ1) is 29.3. The molecule has 0 atom stereocenters. The normalized spacial score (nSPS) is 10.7. The van der Waals surface area contributed by atoms with Crippen LogP contribution in [0.1, 0.15) is 18.1 Å². The molecule has 1 heterocycles. The van der Waals surface area contributed by atoms with Crippen LogP contribution in [0.25, 0.3) is 6.08 Å². The summed E-state index contributed by atoms with van der Waals surface area (Å²) in [4.78, 5) is 41.5. The highest BCUT2D eigenvalue weighted by Gasteiger charge is 2.19. The maximum atomic E-state index is 12.8. The number of nitrogen functional groups attached to an aromatic ring is 1. The Hall–Kier alpha value is -4.28. The Morgan fingerprint density at radius 2 is 1.90 bits per heavy atom. The van der Waals surface area contributed by atoms with E-state index >= 15 is 0 Å². The van der Waals surface area contributed by atoms with E-state index < -0.39 is 11.8 Å². The van der Waals surface area contributed by atoms with Gasteiger partial charge >= 0.3 is 0 Å². The van der Waals surface area contributed by atoms with Crippen molar-refractivity contribution in [2.75, 3.05) is 41.9 Å². The van der Waals surface area contributed by atoms with E-state index in [-0.39, 0.29) is 24.1 Å². The largest absolute Gasteiger partial charge is 0.487 e. The van der Waals surface area contributed by atoms with Gasteiger partial charge in [0.1, 0.15) is 18.2 Å². The highest BCUT2D eigenvalue weighted by atomic mass is 35.5. The maximum Gasteiger partial charge on any atom is 0.246 e. The van der Waals surface area contributed by atoms with Crippen molar-refractivity contribution >= 4 is 69.9 Å². The SMILES string of the molecule is CNc1cccc(OCc2c(Cl)ccc(N(C)C(=O)CNC(=O)C=Cc3ccc(NC(C)=O)nc3)c2Cl)c1N. The van der Waals surface area contributed by atoms with E-state index in [4.69, 9.17) is 33.7 Å². The number of carbonyl (C=O) groups excluding carboxylic acids is 3. The molecule has 0 spiro atoms. The van der Waals surface area contributed by atoms with Crippen LogP contribution in [0, 0.1) is 0 Å². The summed E-state index contributed by atoms with van der Waals surface area (Å²) in [6.45, 7) is 1.14. The molecule has 0 saturated carbocycles. The third-order valence-corrected chi connectivity index (χ3v) is 6.32. The molecule has 0 aliphatic heterocycles. The van der Waals surface area contributed by atoms with E-state index in [1.165, 1.54) is 30.2 Å². The number of hydrogen-bond acceptors (Lipinski definition) is 7. The molecule has 5 N–H and O–H groups in total. The molecule has 12 heteroatoms. The minimum absolute atomic E-state index is 0.0209. The molecule has 10 nitrogen and oxygen atoms in total. The molecular weight excluding hydrogens is 543 g/mol. The first-order chi connectivity index (χ1) is 18.6. The second-order valence-corrected chi connectivity index (χ2v) is 9.06. The zero-order valence-electron chi connectivity index (χ0n) is 21.5. The van der Waals surface area contributed by atoms with Gasteiger partial charge in [0.2, 0.25) is 17.7 Å². The molecule has 0 aliphatic rings. The number of hydrogen-bond donors (Lipinski definition) is 4. The number of ether oxygens (including phenoxy) is 1. The summed E-state index contributed by atoms with van der Waals surface area (Å²) in [5.41, 5.74) is 8.81. The Morgan fingerprint density at radius 1 is 1.13 bits per heavy atom. The molecule has 0 unspecified atom stereocenters. The highest BCUT2D eigenvalue weighted by Crippen LogP contribution is 2.36. The molecule has 0 aliphatic carbocycles.